The van der Waals surface area contributed by atoms with Crippen LogP contribution in [0.25, 0.3) is 11.3 Å². The number of anilines is 1. The molecule has 120 valence electrons. The number of H-pyrrole nitrogens is 1. The molecular weight excluding hydrogens is 386 g/mol. The summed E-state index contributed by atoms with van der Waals surface area (Å²) in [5.41, 5.74) is 4.19. The maximum Gasteiger partial charge on any atom is 0.235 e. The van der Waals surface area contributed by atoms with Gasteiger partial charge in [-0.25, -0.2) is 0 Å². The highest BCUT2D eigenvalue weighted by molar-refractivity contribution is 9.10. The molecule has 24 heavy (non-hydrogen) atoms. The summed E-state index contributed by atoms with van der Waals surface area (Å²) in [5.74, 6) is 1.01. The van der Waals surface area contributed by atoms with Gasteiger partial charge in [0.2, 0.25) is 5.91 Å². The first-order valence-corrected chi connectivity index (χ1v) is 9.37. The van der Waals surface area contributed by atoms with Crippen molar-refractivity contribution in [2.24, 2.45) is 0 Å². The third-order valence-electron chi connectivity index (χ3n) is 3.94. The number of nitrogens with one attached hydrogen (secondary N) is 2. The van der Waals surface area contributed by atoms with Crippen LogP contribution in [-0.2, 0) is 4.79 Å². The molecule has 0 saturated carbocycles. The second kappa shape index (κ2) is 6.45. The summed E-state index contributed by atoms with van der Waals surface area (Å²) in [7, 11) is 0. The van der Waals surface area contributed by atoms with E-state index in [1.807, 2.05) is 42.5 Å². The molecule has 2 aromatic carbocycles. The van der Waals surface area contributed by atoms with E-state index in [1.54, 1.807) is 11.8 Å². The summed E-state index contributed by atoms with van der Waals surface area (Å²) in [4.78, 5) is 12.0. The van der Waals surface area contributed by atoms with Gasteiger partial charge in [0.15, 0.2) is 5.82 Å². The van der Waals surface area contributed by atoms with E-state index in [9.17, 15) is 4.79 Å². The minimum Gasteiger partial charge on any atom is -0.308 e. The van der Waals surface area contributed by atoms with Crippen molar-refractivity contribution in [2.45, 2.75) is 5.25 Å². The van der Waals surface area contributed by atoms with Crippen molar-refractivity contribution in [2.75, 3.05) is 11.1 Å². The number of carbonyl (C=O) groups is 1. The van der Waals surface area contributed by atoms with Crippen LogP contribution in [0.4, 0.5) is 5.82 Å². The van der Waals surface area contributed by atoms with E-state index in [0.29, 0.717) is 11.6 Å². The van der Waals surface area contributed by atoms with Crippen LogP contribution in [0.15, 0.2) is 59.1 Å². The first-order chi connectivity index (χ1) is 11.7. The van der Waals surface area contributed by atoms with E-state index in [-0.39, 0.29) is 11.2 Å². The highest BCUT2D eigenvalue weighted by Gasteiger charge is 2.29. The van der Waals surface area contributed by atoms with Crippen molar-refractivity contribution in [3.8, 4) is 11.3 Å². The summed E-state index contributed by atoms with van der Waals surface area (Å²) >= 11 is 5.10. The monoisotopic (exact) mass is 399 g/mol. The summed E-state index contributed by atoms with van der Waals surface area (Å²) in [5, 5.41) is 10.4. The predicted octanol–water partition coefficient (Wildman–Crippen LogP) is 4.61. The molecule has 0 radical (unpaired) electrons. The lowest BCUT2D eigenvalue weighted by atomic mass is 10.00. The Balaban J connectivity index is 1.87. The molecule has 0 saturated heterocycles. The Kier molecular flexibility index (Phi) is 4.16. The Labute approximate surface area is 152 Å². The van der Waals surface area contributed by atoms with Crippen molar-refractivity contribution in [1.82, 2.24) is 10.2 Å². The highest BCUT2D eigenvalue weighted by Crippen LogP contribution is 2.45. The van der Waals surface area contributed by atoms with Crippen molar-refractivity contribution in [1.29, 1.82) is 0 Å². The fourth-order valence-corrected chi connectivity index (χ4v) is 4.24. The molecule has 1 aromatic heterocycles. The number of hydrogen-bond acceptors (Lipinski definition) is 3. The van der Waals surface area contributed by atoms with Gasteiger partial charge in [0.25, 0.3) is 0 Å². The lowest BCUT2D eigenvalue weighted by Gasteiger charge is -2.16. The normalized spacial score (nSPS) is 17.0. The van der Waals surface area contributed by atoms with Crippen molar-refractivity contribution in [3.05, 3.63) is 70.2 Å². The average Bonchev–Trinajstić information content (AvgIpc) is 2.93. The zero-order valence-corrected chi connectivity index (χ0v) is 15.0. The number of thioether (sulfide) groups is 1. The van der Waals surface area contributed by atoms with Gasteiger partial charge in [0, 0.05) is 10.0 Å². The number of benzene rings is 2. The fraction of sp³-hybridized carbons (Fsp3) is 0.111. The first-order valence-electron chi connectivity index (χ1n) is 7.53. The summed E-state index contributed by atoms with van der Waals surface area (Å²) in [6, 6.07) is 18.3. The van der Waals surface area contributed by atoms with E-state index in [4.69, 9.17) is 0 Å². The molecule has 1 aliphatic heterocycles. The van der Waals surface area contributed by atoms with Gasteiger partial charge >= 0.3 is 0 Å². The number of amides is 1. The zero-order valence-electron chi connectivity index (χ0n) is 12.6. The molecule has 6 heteroatoms. The number of fused-ring (bicyclic) bond motifs is 1. The van der Waals surface area contributed by atoms with Gasteiger partial charge in [-0.1, -0.05) is 58.4 Å². The highest BCUT2D eigenvalue weighted by atomic mass is 79.9. The Morgan fingerprint density at radius 1 is 1.08 bits per heavy atom. The minimum absolute atomic E-state index is 0.0213. The number of aromatic nitrogens is 2. The number of halogens is 1. The van der Waals surface area contributed by atoms with Gasteiger partial charge in [-0.2, -0.15) is 5.10 Å². The third kappa shape index (κ3) is 2.87. The Hall–Kier alpha value is -2.05. The van der Waals surface area contributed by atoms with Crippen LogP contribution < -0.4 is 5.32 Å². The second-order valence-corrected chi connectivity index (χ2v) is 7.53. The van der Waals surface area contributed by atoms with Crippen LogP contribution in [-0.4, -0.2) is 21.9 Å². The summed E-state index contributed by atoms with van der Waals surface area (Å²) in [6.07, 6.45) is 0. The molecule has 1 unspecified atom stereocenters. The summed E-state index contributed by atoms with van der Waals surface area (Å²) in [6.45, 7) is 0. The molecule has 2 heterocycles. The van der Waals surface area contributed by atoms with Crippen LogP contribution in [0.2, 0.25) is 0 Å². The molecule has 3 aromatic rings. The SMILES string of the molecule is O=C1CSC(c2ccc(Br)cc2)c2c(n[nH]c2-c2ccccc2)N1. The quantitative estimate of drug-likeness (QED) is 0.660. The molecule has 1 aliphatic rings. The second-order valence-electron chi connectivity index (χ2n) is 5.52. The minimum atomic E-state index is -0.0213. The van der Waals surface area contributed by atoms with E-state index in [1.165, 1.54) is 0 Å². The molecule has 0 fully saturated rings. The average molecular weight is 400 g/mol. The lowest BCUT2D eigenvalue weighted by molar-refractivity contribution is -0.113. The molecule has 1 atom stereocenters. The standard InChI is InChI=1S/C18H14BrN3OS/c19-13-8-6-12(7-9-13)17-15-16(11-4-2-1-3-5-11)21-22-18(15)20-14(23)10-24-17/h1-9,17H,10H2,(H2,20,21,22,23). The molecule has 4 nitrogen and oxygen atoms in total. The van der Waals surface area contributed by atoms with Crippen molar-refractivity contribution < 1.29 is 4.79 Å². The maximum atomic E-state index is 12.0. The van der Waals surface area contributed by atoms with Crippen molar-refractivity contribution >= 4 is 39.4 Å². The largest absolute Gasteiger partial charge is 0.308 e. The van der Waals surface area contributed by atoms with Crippen LogP contribution in [0, 0.1) is 0 Å². The molecule has 1 amide bonds. The van der Waals surface area contributed by atoms with Crippen LogP contribution in [0.5, 0.6) is 0 Å². The van der Waals surface area contributed by atoms with Crippen LogP contribution in [0.3, 0.4) is 0 Å². The molecule has 0 spiro atoms. The number of rotatable bonds is 2. The van der Waals surface area contributed by atoms with E-state index in [2.05, 4.69) is 43.6 Å². The third-order valence-corrected chi connectivity index (χ3v) is 5.74. The maximum absolute atomic E-state index is 12.0. The Morgan fingerprint density at radius 3 is 2.58 bits per heavy atom. The van der Waals surface area contributed by atoms with E-state index < -0.39 is 0 Å². The number of carbonyl (C=O) groups excluding carboxylic acids is 1. The lowest BCUT2D eigenvalue weighted by Crippen LogP contribution is -2.12. The van der Waals surface area contributed by atoms with Gasteiger partial charge in [-0.3, -0.25) is 9.89 Å². The van der Waals surface area contributed by atoms with E-state index >= 15 is 0 Å². The van der Waals surface area contributed by atoms with Gasteiger partial charge in [0.05, 0.1) is 16.7 Å². The summed E-state index contributed by atoms with van der Waals surface area (Å²) < 4.78 is 1.04. The molecule has 0 bridgehead atoms. The number of nitrogens with zero attached hydrogens (tertiary/aromatic N) is 1. The Bertz CT molecular complexity index is 877. The van der Waals surface area contributed by atoms with E-state index in [0.717, 1.165) is 26.9 Å². The first kappa shape index (κ1) is 15.5. The van der Waals surface area contributed by atoms with Gasteiger partial charge in [0.1, 0.15) is 0 Å². The fourth-order valence-electron chi connectivity index (χ4n) is 2.84. The molecule has 0 aliphatic carbocycles. The molecule has 2 N–H and O–H groups in total. The van der Waals surface area contributed by atoms with Gasteiger partial charge in [-0.05, 0) is 23.3 Å². The Morgan fingerprint density at radius 2 is 1.83 bits per heavy atom. The van der Waals surface area contributed by atoms with Crippen LogP contribution in [0.1, 0.15) is 16.4 Å². The molecule has 4 rings (SSSR count). The smallest absolute Gasteiger partial charge is 0.235 e. The van der Waals surface area contributed by atoms with Gasteiger partial charge < -0.3 is 5.32 Å². The predicted molar refractivity (Wildman–Crippen MR) is 101 cm³/mol. The number of hydrogen-bond donors (Lipinski definition) is 2. The zero-order chi connectivity index (χ0) is 16.5. The van der Waals surface area contributed by atoms with Gasteiger partial charge in [-0.15, -0.1) is 11.8 Å². The number of aromatic amines is 1. The van der Waals surface area contributed by atoms with Crippen molar-refractivity contribution in [3.63, 3.8) is 0 Å². The molecular formula is C18H14BrN3OS. The topological polar surface area (TPSA) is 57.8 Å². The van der Waals surface area contributed by atoms with Crippen LogP contribution >= 0.6 is 27.7 Å².